The van der Waals surface area contributed by atoms with E-state index in [4.69, 9.17) is 4.42 Å². The lowest BCUT2D eigenvalue weighted by molar-refractivity contribution is 0.673. The highest BCUT2D eigenvalue weighted by Gasteiger charge is 2.43. The highest BCUT2D eigenvalue weighted by atomic mass is 16.3. The van der Waals surface area contributed by atoms with Gasteiger partial charge in [-0.05, 0) is 89.4 Å². The number of fused-ring (bicyclic) bond motifs is 22. The first-order valence-corrected chi connectivity index (χ1v) is 31.5. The molecule has 6 nitrogen and oxygen atoms in total. The summed E-state index contributed by atoms with van der Waals surface area (Å²) < 4.78 is 20.5. The Balaban J connectivity index is 1.16. The van der Waals surface area contributed by atoms with Crippen molar-refractivity contribution in [1.82, 2.24) is 22.8 Å². The predicted octanol–water partition coefficient (Wildman–Crippen LogP) is 19.6. The van der Waals surface area contributed by atoms with E-state index in [9.17, 15) is 0 Å². The van der Waals surface area contributed by atoms with Crippen molar-refractivity contribution in [2.75, 3.05) is 0 Å². The minimum atomic E-state index is -0.321. The van der Waals surface area contributed by atoms with Gasteiger partial charge in [-0.1, -0.05) is 241 Å². The third-order valence-corrected chi connectivity index (χ3v) is 20.1. The molecule has 21 rings (SSSR count). The number of hydrogen-bond acceptors (Lipinski definition) is 1. The van der Waals surface area contributed by atoms with Crippen molar-refractivity contribution in [3.63, 3.8) is 0 Å². The van der Waals surface area contributed by atoms with Crippen LogP contribution in [0.15, 0.2) is 308 Å². The molecule has 0 atom stereocenters. The maximum absolute atomic E-state index is 7.24. The average molecular weight is 1160 g/mol. The molecule has 7 heteroatoms. The van der Waals surface area contributed by atoms with Gasteiger partial charge in [-0.3, -0.25) is 0 Å². The molecule has 0 fully saturated rings. The standard InChI is InChI=1S/C84H50BN5O/c1-13-37-64-51(25-1)52-26-2-14-38-65(52)85(64)78-79(86-66-39-15-3-27-53(66)54-28-4-16-40-67(54)86)81(88-70-43-19-7-31-57(70)58-32-8-20-44-71(58)88)83(90-74-47-23-11-36-63(74)77-75(90)50-49-62-61-35-12-24-48-76(61)91-84(62)77)82(89-72-45-21-9-33-59(72)60-34-10-22-46-73(60)89)80(78)87-68-41-17-5-29-55(68)56-30-6-18-42-69(56)87/h1-50H. The van der Waals surface area contributed by atoms with Crippen LogP contribution in [0.3, 0.4) is 0 Å². The molecule has 6 aromatic heterocycles. The molecule has 0 spiro atoms. The Morgan fingerprint density at radius 2 is 0.484 bits per heavy atom. The van der Waals surface area contributed by atoms with E-state index in [-0.39, 0.29) is 6.71 Å². The molecule has 0 amide bonds. The van der Waals surface area contributed by atoms with Gasteiger partial charge in [0, 0.05) is 59.2 Å². The Kier molecular flexibility index (Phi) is 9.83. The molecular weight excluding hydrogens is 1110 g/mol. The molecule has 1 aliphatic heterocycles. The Bertz CT molecular complexity index is 6050. The van der Waals surface area contributed by atoms with E-state index >= 15 is 0 Å². The van der Waals surface area contributed by atoms with Crippen LogP contribution in [-0.2, 0) is 0 Å². The van der Waals surface area contributed by atoms with E-state index in [1.165, 1.54) is 70.6 Å². The summed E-state index contributed by atoms with van der Waals surface area (Å²) in [5.41, 5.74) is 24.1. The van der Waals surface area contributed by atoms with Crippen LogP contribution in [-0.4, -0.2) is 29.5 Å². The number of nitrogens with zero attached hydrogens (tertiary/aromatic N) is 5. The first-order valence-electron chi connectivity index (χ1n) is 31.5. The van der Waals surface area contributed by atoms with Crippen LogP contribution < -0.4 is 16.4 Å². The van der Waals surface area contributed by atoms with Crippen LogP contribution in [0.4, 0.5) is 0 Å². The monoisotopic (exact) mass is 1160 g/mol. The van der Waals surface area contributed by atoms with E-state index in [1.54, 1.807) is 0 Å². The smallest absolute Gasteiger partial charge is 0.248 e. The topological polar surface area (TPSA) is 37.8 Å². The van der Waals surface area contributed by atoms with Gasteiger partial charge in [0.05, 0.1) is 89.0 Å². The zero-order valence-corrected chi connectivity index (χ0v) is 49.1. The minimum Gasteiger partial charge on any atom is -0.455 e. The first-order chi connectivity index (χ1) is 45.3. The molecule has 0 aliphatic carbocycles. The lowest BCUT2D eigenvalue weighted by Gasteiger charge is -2.33. The van der Waals surface area contributed by atoms with Crippen molar-refractivity contribution in [2.24, 2.45) is 0 Å². The van der Waals surface area contributed by atoms with Crippen LogP contribution >= 0.6 is 0 Å². The fourth-order valence-corrected chi connectivity index (χ4v) is 16.7. The maximum Gasteiger partial charge on any atom is 0.248 e. The molecule has 0 saturated heterocycles. The summed E-state index contributed by atoms with van der Waals surface area (Å²) in [5.74, 6) is 0. The molecule has 0 unspecified atom stereocenters. The Morgan fingerprint density at radius 1 is 0.209 bits per heavy atom. The van der Waals surface area contributed by atoms with Gasteiger partial charge in [0.15, 0.2) is 0 Å². The predicted molar refractivity (Wildman–Crippen MR) is 382 cm³/mol. The molecule has 14 aromatic carbocycles. The zero-order chi connectivity index (χ0) is 59.2. The largest absolute Gasteiger partial charge is 0.455 e. The van der Waals surface area contributed by atoms with Crippen molar-refractivity contribution in [3.05, 3.63) is 303 Å². The Hall–Kier alpha value is -12.1. The van der Waals surface area contributed by atoms with Gasteiger partial charge in [-0.2, -0.15) is 0 Å². The second-order valence-corrected chi connectivity index (χ2v) is 24.5. The van der Waals surface area contributed by atoms with Crippen LogP contribution in [0.5, 0.6) is 0 Å². The van der Waals surface area contributed by atoms with Crippen molar-refractivity contribution >= 4 is 154 Å². The second-order valence-electron chi connectivity index (χ2n) is 24.5. The fraction of sp³-hybridized carbons (Fsp3) is 0. The van der Waals surface area contributed by atoms with Crippen molar-refractivity contribution in [2.45, 2.75) is 0 Å². The molecule has 1 aliphatic rings. The highest BCUT2D eigenvalue weighted by Crippen LogP contribution is 2.51. The van der Waals surface area contributed by atoms with Gasteiger partial charge in [-0.15, -0.1) is 0 Å². The number of rotatable bonds is 6. The molecule has 420 valence electrons. The van der Waals surface area contributed by atoms with Crippen LogP contribution in [0.1, 0.15) is 0 Å². The fourth-order valence-electron chi connectivity index (χ4n) is 16.7. The summed E-state index contributed by atoms with van der Waals surface area (Å²) in [6, 6.07) is 113. The van der Waals surface area contributed by atoms with E-state index in [1.807, 2.05) is 0 Å². The molecule has 91 heavy (non-hydrogen) atoms. The van der Waals surface area contributed by atoms with Gasteiger partial charge < -0.3 is 27.3 Å². The number of para-hydroxylation sites is 10. The zero-order valence-electron chi connectivity index (χ0n) is 49.1. The summed E-state index contributed by atoms with van der Waals surface area (Å²) in [4.78, 5) is 0. The number of benzene rings is 14. The molecule has 0 bridgehead atoms. The van der Waals surface area contributed by atoms with Gasteiger partial charge in [0.1, 0.15) is 11.2 Å². The summed E-state index contributed by atoms with van der Waals surface area (Å²) in [7, 11) is 0. The molecule has 7 heterocycles. The molecular formula is C84H50BN5O. The molecule has 0 radical (unpaired) electrons. The third-order valence-electron chi connectivity index (χ3n) is 20.1. The van der Waals surface area contributed by atoms with Crippen molar-refractivity contribution in [1.29, 1.82) is 0 Å². The lowest BCUT2D eigenvalue weighted by atomic mass is 9.38. The van der Waals surface area contributed by atoms with Crippen molar-refractivity contribution in [3.8, 4) is 39.6 Å². The van der Waals surface area contributed by atoms with Gasteiger partial charge in [0.2, 0.25) is 6.71 Å². The maximum atomic E-state index is 7.24. The minimum absolute atomic E-state index is 0.321. The summed E-state index contributed by atoms with van der Waals surface area (Å²) >= 11 is 0. The SMILES string of the molecule is c1ccc2c(c1)B(c1c(-n3c4ccccc4c4ccccc43)c(-n3c4ccccc4c4ccccc43)c(-n3c4ccccc4c4c5oc6ccccc6c5ccc43)c(-n3c4ccccc4c4ccccc43)c1-n1c3ccccc3c3ccccc31)c1ccccc1-2. The summed E-state index contributed by atoms with van der Waals surface area (Å²) in [6.45, 7) is -0.321. The van der Waals surface area contributed by atoms with E-state index in [0.29, 0.717) is 0 Å². The molecule has 0 N–H and O–H groups in total. The summed E-state index contributed by atoms with van der Waals surface area (Å²) in [5, 5.41) is 13.8. The first kappa shape index (κ1) is 49.0. The quantitative estimate of drug-likeness (QED) is 0.153. The van der Waals surface area contributed by atoms with Crippen LogP contribution in [0.25, 0.3) is 171 Å². The summed E-state index contributed by atoms with van der Waals surface area (Å²) in [6.07, 6.45) is 0. The Morgan fingerprint density at radius 3 is 0.868 bits per heavy atom. The second kappa shape index (κ2) is 18.3. The third kappa shape index (κ3) is 6.40. The van der Waals surface area contributed by atoms with Gasteiger partial charge in [-0.25, -0.2) is 0 Å². The van der Waals surface area contributed by atoms with Gasteiger partial charge in [0.25, 0.3) is 0 Å². The van der Waals surface area contributed by atoms with Crippen LogP contribution in [0.2, 0.25) is 0 Å². The van der Waals surface area contributed by atoms with E-state index < -0.39 is 0 Å². The molecule has 0 saturated carbocycles. The molecule has 20 aromatic rings. The Labute approximate surface area is 521 Å². The average Bonchev–Trinajstić information content (AvgIpc) is 1.58. The lowest BCUT2D eigenvalue weighted by Crippen LogP contribution is -2.52. The van der Waals surface area contributed by atoms with E-state index in [2.05, 4.69) is 326 Å². The van der Waals surface area contributed by atoms with Crippen molar-refractivity contribution < 1.29 is 4.42 Å². The number of furan rings is 1. The van der Waals surface area contributed by atoms with E-state index in [0.717, 1.165) is 116 Å². The van der Waals surface area contributed by atoms with Crippen LogP contribution in [0, 0.1) is 0 Å². The van der Waals surface area contributed by atoms with Gasteiger partial charge >= 0.3 is 0 Å². The highest BCUT2D eigenvalue weighted by molar-refractivity contribution is 7.00. The number of hydrogen-bond donors (Lipinski definition) is 0. The number of aromatic nitrogens is 5. The normalized spacial score (nSPS) is 12.6.